The van der Waals surface area contributed by atoms with Gasteiger partial charge in [-0.15, -0.1) is 0 Å². The smallest absolute Gasteiger partial charge is 0.364 e. The number of hydrogen-bond acceptors (Lipinski definition) is 43. The van der Waals surface area contributed by atoms with Gasteiger partial charge in [0, 0.05) is 80.1 Å². The van der Waals surface area contributed by atoms with E-state index in [4.69, 9.17) is 52.1 Å². The van der Waals surface area contributed by atoms with Crippen molar-refractivity contribution in [1.29, 1.82) is 0 Å². The zero-order valence-corrected chi connectivity index (χ0v) is 64.8. The zero-order chi connectivity index (χ0) is 91.8. The van der Waals surface area contributed by atoms with E-state index in [1.54, 1.807) is 0 Å². The minimum absolute atomic E-state index is 0.754. The van der Waals surface area contributed by atoms with Crippen molar-refractivity contribution >= 4 is 71.3 Å². The minimum atomic E-state index is -3.78. The predicted molar refractivity (Wildman–Crippen MR) is 372 cm³/mol. The van der Waals surface area contributed by atoms with Crippen LogP contribution in [-0.2, 0) is 110 Å². The van der Waals surface area contributed by atoms with E-state index in [9.17, 15) is 190 Å². The van der Waals surface area contributed by atoms with Gasteiger partial charge in [-0.05, 0) is 0 Å². The van der Waals surface area contributed by atoms with Crippen LogP contribution in [0.2, 0.25) is 0 Å². The fourth-order valence-electron chi connectivity index (χ4n) is 15.1. The number of carbonyl (C=O) groups excluding carboxylic acids is 6. The fraction of sp³-hybridized carbons (Fsp3) is 0.818. The Hall–Kier alpha value is -7.60. The Morgan fingerprint density at radius 1 is 0.281 bits per heavy atom. The van der Waals surface area contributed by atoms with Crippen molar-refractivity contribution < 1.29 is 242 Å². The number of amides is 6. The molecule has 0 radical (unpaired) electrons. The molecule has 6 amide bonds. The second kappa shape index (κ2) is 41.5. The molecule has 0 aliphatic carbocycles. The molecule has 0 saturated carbocycles. The predicted octanol–water partition coefficient (Wildman–Crippen LogP) is -18.0. The van der Waals surface area contributed by atoms with Gasteiger partial charge < -0.3 is 217 Å². The molecule has 6 aliphatic heterocycles. The number of carboxylic acid groups (broad SMARTS) is 6. The first-order chi connectivity index (χ1) is 56.1. The van der Waals surface area contributed by atoms with Gasteiger partial charge in [0.15, 0.2) is 0 Å². The Labute approximate surface area is 681 Å². The van der Waals surface area contributed by atoms with Crippen LogP contribution in [0.5, 0.6) is 0 Å². The normalized spacial score (nSPS) is 37.5. The molecule has 55 nitrogen and oxygen atoms in total. The molecule has 36 atom stereocenters. The number of hydrogen-bond donors (Lipinski definition) is 32. The highest BCUT2D eigenvalue weighted by Gasteiger charge is 2.67. The third kappa shape index (κ3) is 22.7. The average molecular weight is 1770 g/mol. The molecule has 6 aliphatic rings. The van der Waals surface area contributed by atoms with Gasteiger partial charge in [-0.1, -0.05) is 0 Å². The van der Waals surface area contributed by atoms with E-state index in [-0.39, 0.29) is 0 Å². The van der Waals surface area contributed by atoms with Gasteiger partial charge >= 0.3 is 35.8 Å². The number of aliphatic carboxylic acids is 6. The average Bonchev–Trinajstić information content (AvgIpc) is 0.751. The highest BCUT2D eigenvalue weighted by molar-refractivity contribution is 5.81. The summed E-state index contributed by atoms with van der Waals surface area (Å²) in [7, 11) is 0. The molecule has 121 heavy (non-hydrogen) atoms. The lowest BCUT2D eigenvalue weighted by atomic mass is 9.86. The first-order valence-corrected chi connectivity index (χ1v) is 36.9. The molecular formula is C66H104N6O49. The van der Waals surface area contributed by atoms with Gasteiger partial charge in [-0.3, -0.25) is 28.8 Å². The van der Waals surface area contributed by atoms with Gasteiger partial charge in [-0.25, -0.2) is 28.8 Å². The van der Waals surface area contributed by atoms with Crippen molar-refractivity contribution in [2.45, 2.75) is 298 Å². The lowest BCUT2D eigenvalue weighted by Crippen LogP contribution is -2.72. The largest absolute Gasteiger partial charge is 0.477 e. The maximum atomic E-state index is 13.9. The Morgan fingerprint density at radius 2 is 0.446 bits per heavy atom. The first-order valence-electron chi connectivity index (χ1n) is 36.9. The second-order valence-corrected chi connectivity index (χ2v) is 29.7. The van der Waals surface area contributed by atoms with Crippen LogP contribution in [0.15, 0.2) is 0 Å². The Kier molecular flexibility index (Phi) is 35.0. The summed E-state index contributed by atoms with van der Waals surface area (Å²) in [4.78, 5) is 156. The molecule has 6 saturated heterocycles. The molecule has 0 aromatic heterocycles. The second-order valence-electron chi connectivity index (χ2n) is 29.7. The van der Waals surface area contributed by atoms with Gasteiger partial charge in [0.2, 0.25) is 35.4 Å². The number of ether oxygens (including phenoxy) is 11. The molecule has 6 heterocycles. The standard InChI is InChI=1S/C66H104N6O49/c1-19(79)67-37-25(85)7-61(110,55(98)99)116-50(37)44(93)32(14-74)111-63(57(102)103)9-27(87)39(69-21(3)81)52(118-63)46(95)34(16-76)113-65(59(106)107)11-29(89)41(71-23(5)83)54(120-65)48(97)36(18-78)115-66(60(108)109)12-30(90)42(72-24(6)84)53(121-66)47(96)35(17-77)114-64(58(104)105)10-28(88)40(70-22(4)82)51(119-64)45(94)33(15-75)112-62(56(100)101)8-26(86)38(68-20(2)80)49(117-62)43(92)31(91)13-73/h25-54,73-78,85-97,110H,7-18H2,1-6H3,(H,67,79)(H,68,80)(H,69,81)(H,70,82)(H,71,83)(H,72,84)(H,98,99)(H,100,101)(H,102,103)(H,104,105)(H,106,107)(H,108,109)/t25-,26-,27-,28-,29-,30-,31+,32+,33+,34+,35+,36+,37+,38+,39+,40+,41+,42+,43+,44+,45+,46+,47+,48+,49+,50+,51+,52+,53+,54+,61+,62+,63+,64+,65+,66+/m0/s1. The summed E-state index contributed by atoms with van der Waals surface area (Å²) in [5.74, 6) is -42.3. The molecule has 0 aromatic rings. The van der Waals surface area contributed by atoms with Crippen molar-refractivity contribution in [1.82, 2.24) is 31.9 Å². The van der Waals surface area contributed by atoms with Crippen LogP contribution in [0.25, 0.3) is 0 Å². The SMILES string of the molecule is CC(=O)N[C@H]1[C@H]([C@H](O)[C@H](O)CO)O[C@@](O[C@H](CO)[C@@H](O)[C@@H]2O[C@@](O[C@H](CO)[C@@H](O)[C@@H]3O[C@@](O[C@H](CO)[C@@H](O)[C@@H]4O[C@@](O[C@H](CO)[C@@H](O)[C@@H]5O[C@@](O[C@H](CO)[C@@H](O)[C@@H]6O[C@@](O)(C(=O)O)C[C@H](O)[C@H]6NC(C)=O)(C(=O)O)C[C@H](O)[C@H]5NC(C)=O)(C(=O)O)C[C@H](O)[C@H]4NC(C)=O)(C(=O)O)C[C@H](O)[C@H]3NC(C)=O)(C(=O)O)C[C@H](O)[C@H]2NC(C)=O)(C(=O)O)C[C@@H]1O. The Bertz CT molecular complexity index is 3640. The maximum Gasteiger partial charge on any atom is 0.364 e. The summed E-state index contributed by atoms with van der Waals surface area (Å²) >= 11 is 0. The lowest BCUT2D eigenvalue weighted by molar-refractivity contribution is -0.366. The van der Waals surface area contributed by atoms with Crippen LogP contribution in [0, 0.1) is 0 Å². The molecule has 0 unspecified atom stereocenters. The van der Waals surface area contributed by atoms with E-state index < -0.39 is 367 Å². The number of aliphatic hydroxyl groups excluding tert-OH is 19. The van der Waals surface area contributed by atoms with Crippen LogP contribution >= 0.6 is 0 Å². The van der Waals surface area contributed by atoms with Crippen molar-refractivity contribution in [3.8, 4) is 0 Å². The molecule has 0 spiro atoms. The van der Waals surface area contributed by atoms with Crippen molar-refractivity contribution in [3.63, 3.8) is 0 Å². The Balaban J connectivity index is 1.37. The number of rotatable bonds is 40. The number of carbonyl (C=O) groups is 12. The zero-order valence-electron chi connectivity index (χ0n) is 64.8. The van der Waals surface area contributed by atoms with Crippen LogP contribution in [-0.4, -0.2) is 461 Å². The van der Waals surface area contributed by atoms with E-state index in [1.807, 2.05) is 0 Å². The summed E-state index contributed by atoms with van der Waals surface area (Å²) in [6.45, 7) is -4.91. The van der Waals surface area contributed by atoms with Gasteiger partial charge in [0.05, 0.1) is 113 Å². The van der Waals surface area contributed by atoms with Crippen LogP contribution < -0.4 is 31.9 Å². The van der Waals surface area contributed by atoms with E-state index in [2.05, 4.69) is 31.9 Å². The summed E-state index contributed by atoms with van der Waals surface area (Å²) < 4.78 is 62.1. The van der Waals surface area contributed by atoms with Crippen molar-refractivity contribution in [2.24, 2.45) is 0 Å². The van der Waals surface area contributed by atoms with Crippen molar-refractivity contribution in [2.75, 3.05) is 39.6 Å². The van der Waals surface area contributed by atoms with E-state index in [0.717, 1.165) is 41.5 Å². The van der Waals surface area contributed by atoms with Gasteiger partial charge in [-0.2, -0.15) is 0 Å². The lowest BCUT2D eigenvalue weighted by Gasteiger charge is -2.51. The summed E-state index contributed by atoms with van der Waals surface area (Å²) in [5.41, 5.74) is 0. The maximum absolute atomic E-state index is 13.9. The fourth-order valence-corrected chi connectivity index (χ4v) is 15.1. The summed E-state index contributed by atoms with van der Waals surface area (Å²) in [6, 6.07) is -12.5. The van der Waals surface area contributed by atoms with Gasteiger partial charge in [0.1, 0.15) is 110 Å². The van der Waals surface area contributed by atoms with Gasteiger partial charge in [0.25, 0.3) is 34.7 Å². The first kappa shape index (κ1) is 102. The van der Waals surface area contributed by atoms with Crippen LogP contribution in [0.1, 0.15) is 80.1 Å². The molecule has 32 N–H and O–H groups in total. The highest BCUT2D eigenvalue weighted by Crippen LogP contribution is 2.45. The molecule has 692 valence electrons. The number of nitrogens with one attached hydrogen (secondary N) is 6. The summed E-state index contributed by atoms with van der Waals surface area (Å²) in [6.07, 6.45) is -70.7. The molecule has 55 heteroatoms. The summed E-state index contributed by atoms with van der Waals surface area (Å²) in [5, 5.41) is 304. The van der Waals surface area contributed by atoms with E-state index in [0.29, 0.717) is 0 Å². The van der Waals surface area contributed by atoms with Crippen LogP contribution in [0.4, 0.5) is 0 Å². The monoisotopic (exact) mass is 1760 g/mol. The molecule has 6 rings (SSSR count). The molecule has 0 bridgehead atoms. The quantitative estimate of drug-likeness (QED) is 0.0271. The topological polar surface area (TPSA) is 905 Å². The Morgan fingerprint density at radius 3 is 0.595 bits per heavy atom. The van der Waals surface area contributed by atoms with E-state index in [1.165, 1.54) is 0 Å². The molecule has 6 fully saturated rings. The molecular weight excluding hydrogens is 1660 g/mol. The third-order valence-corrected chi connectivity index (χ3v) is 20.7. The minimum Gasteiger partial charge on any atom is -0.477 e. The number of carboxylic acids is 6. The number of aliphatic hydroxyl groups is 20. The third-order valence-electron chi connectivity index (χ3n) is 20.7. The van der Waals surface area contributed by atoms with E-state index >= 15 is 0 Å². The molecule has 0 aromatic carbocycles. The van der Waals surface area contributed by atoms with Crippen LogP contribution in [0.3, 0.4) is 0 Å². The highest BCUT2D eigenvalue weighted by atomic mass is 16.8. The van der Waals surface area contributed by atoms with Crippen molar-refractivity contribution in [3.05, 3.63) is 0 Å².